The van der Waals surface area contributed by atoms with Crippen molar-refractivity contribution in [1.29, 1.82) is 0 Å². The smallest absolute Gasteiger partial charge is 0.191 e. The molecule has 0 spiro atoms. The van der Waals surface area contributed by atoms with Gasteiger partial charge in [-0.3, -0.25) is 4.99 Å². The zero-order valence-electron chi connectivity index (χ0n) is 15.4. The Bertz CT molecular complexity index is 692. The highest BCUT2D eigenvalue weighted by Crippen LogP contribution is 2.23. The molecule has 1 atom stereocenters. The second kappa shape index (κ2) is 9.20. The molecule has 0 saturated carbocycles. The van der Waals surface area contributed by atoms with Gasteiger partial charge in [-0.25, -0.2) is 4.39 Å². The number of rotatable bonds is 7. The summed E-state index contributed by atoms with van der Waals surface area (Å²) in [6.07, 6.45) is 0.738. The molecule has 1 unspecified atom stereocenters. The van der Waals surface area contributed by atoms with E-state index in [1.54, 1.807) is 12.1 Å². The summed E-state index contributed by atoms with van der Waals surface area (Å²) in [5, 5.41) is 10.5. The van der Waals surface area contributed by atoms with Crippen molar-refractivity contribution in [2.45, 2.75) is 40.0 Å². The zero-order chi connectivity index (χ0) is 18.2. The minimum atomic E-state index is -0.202. The number of hydrogen-bond donors (Lipinski definition) is 2. The minimum absolute atomic E-state index is 0.202. The van der Waals surface area contributed by atoms with Crippen LogP contribution in [0.15, 0.2) is 33.8 Å². The Labute approximate surface area is 148 Å². The van der Waals surface area contributed by atoms with Crippen molar-refractivity contribution in [2.24, 2.45) is 4.99 Å². The van der Waals surface area contributed by atoms with E-state index in [-0.39, 0.29) is 11.7 Å². The van der Waals surface area contributed by atoms with Crippen molar-refractivity contribution in [3.63, 3.8) is 0 Å². The molecule has 1 heterocycles. The van der Waals surface area contributed by atoms with Gasteiger partial charge in [0.1, 0.15) is 11.6 Å². The summed E-state index contributed by atoms with van der Waals surface area (Å²) in [5.74, 6) is 1.64. The van der Waals surface area contributed by atoms with Crippen LogP contribution in [-0.2, 0) is 6.42 Å². The molecule has 0 saturated heterocycles. The third-order valence-electron chi connectivity index (χ3n) is 4.04. The molecule has 0 fully saturated rings. The van der Waals surface area contributed by atoms with Gasteiger partial charge in [0, 0.05) is 31.1 Å². The highest BCUT2D eigenvalue weighted by molar-refractivity contribution is 5.79. The maximum absolute atomic E-state index is 13.2. The van der Waals surface area contributed by atoms with E-state index in [0.717, 1.165) is 41.5 Å². The molecule has 2 aromatic rings. The van der Waals surface area contributed by atoms with Crippen molar-refractivity contribution in [3.05, 3.63) is 52.7 Å². The number of nitrogens with one attached hydrogen (secondary N) is 2. The molecule has 2 N–H and O–H groups in total. The first-order valence-electron chi connectivity index (χ1n) is 8.70. The normalized spacial score (nSPS) is 12.9. The molecule has 25 heavy (non-hydrogen) atoms. The summed E-state index contributed by atoms with van der Waals surface area (Å²) in [6, 6.07) is 6.67. The second-order valence-electron chi connectivity index (χ2n) is 6.17. The molecule has 0 bridgehead atoms. The number of hydrogen-bond acceptors (Lipinski definition) is 3. The number of aliphatic imine (C=N–C) groups is 1. The molecule has 2 rings (SSSR count). The average Bonchev–Trinajstić information content (AvgIpc) is 2.91. The van der Waals surface area contributed by atoms with Crippen molar-refractivity contribution in [2.75, 3.05) is 19.6 Å². The molecule has 1 aromatic carbocycles. The lowest BCUT2D eigenvalue weighted by molar-refractivity contribution is 0.391. The van der Waals surface area contributed by atoms with Crippen LogP contribution in [0.5, 0.6) is 0 Å². The van der Waals surface area contributed by atoms with Crippen molar-refractivity contribution in [1.82, 2.24) is 15.8 Å². The minimum Gasteiger partial charge on any atom is -0.361 e. The lowest BCUT2D eigenvalue weighted by atomic mass is 10.00. The van der Waals surface area contributed by atoms with Gasteiger partial charge in [-0.05, 0) is 44.9 Å². The van der Waals surface area contributed by atoms with Crippen molar-refractivity contribution < 1.29 is 8.91 Å². The number of aryl methyl sites for hydroxylation is 2. The molecule has 0 aliphatic carbocycles. The van der Waals surface area contributed by atoms with Gasteiger partial charge in [0.2, 0.25) is 0 Å². The first-order chi connectivity index (χ1) is 12.0. The SMILES string of the molecule is CCNC(=NCC(C)c1c(C)noc1C)NCCc1cccc(F)c1. The summed E-state index contributed by atoms with van der Waals surface area (Å²) < 4.78 is 18.4. The van der Waals surface area contributed by atoms with Gasteiger partial charge in [0.25, 0.3) is 0 Å². The molecule has 0 aliphatic rings. The first-order valence-corrected chi connectivity index (χ1v) is 8.70. The molecule has 136 valence electrons. The summed E-state index contributed by atoms with van der Waals surface area (Å²) in [5.41, 5.74) is 3.01. The number of benzene rings is 1. The van der Waals surface area contributed by atoms with E-state index >= 15 is 0 Å². The van der Waals surface area contributed by atoms with Gasteiger partial charge < -0.3 is 15.2 Å². The fraction of sp³-hybridized carbons (Fsp3) is 0.474. The van der Waals surface area contributed by atoms with Crippen LogP contribution >= 0.6 is 0 Å². The summed E-state index contributed by atoms with van der Waals surface area (Å²) in [7, 11) is 0. The second-order valence-corrected chi connectivity index (χ2v) is 6.17. The Kier molecular flexibility index (Phi) is 6.98. The zero-order valence-corrected chi connectivity index (χ0v) is 15.4. The summed E-state index contributed by atoms with van der Waals surface area (Å²) in [6.45, 7) is 10.1. The predicted molar refractivity (Wildman–Crippen MR) is 98.5 cm³/mol. The van der Waals surface area contributed by atoms with Gasteiger partial charge in [0.05, 0.1) is 5.69 Å². The van der Waals surface area contributed by atoms with Gasteiger partial charge in [0.15, 0.2) is 5.96 Å². The number of nitrogens with zero attached hydrogens (tertiary/aromatic N) is 2. The average molecular weight is 346 g/mol. The van der Waals surface area contributed by atoms with Crippen LogP contribution in [0.2, 0.25) is 0 Å². The largest absolute Gasteiger partial charge is 0.361 e. The van der Waals surface area contributed by atoms with E-state index in [9.17, 15) is 4.39 Å². The number of aromatic nitrogens is 1. The van der Waals surface area contributed by atoms with Crippen molar-refractivity contribution in [3.8, 4) is 0 Å². The van der Waals surface area contributed by atoms with Crippen molar-refractivity contribution >= 4 is 5.96 Å². The van der Waals surface area contributed by atoms with Crippen LogP contribution in [0.3, 0.4) is 0 Å². The van der Waals surface area contributed by atoms with Crippen LogP contribution in [0.4, 0.5) is 4.39 Å². The third-order valence-corrected chi connectivity index (χ3v) is 4.04. The van der Waals surface area contributed by atoms with Crippen LogP contribution in [-0.4, -0.2) is 30.8 Å². The fourth-order valence-corrected chi connectivity index (χ4v) is 2.87. The van der Waals surface area contributed by atoms with E-state index in [1.165, 1.54) is 6.07 Å². The molecule has 5 nitrogen and oxygen atoms in total. The predicted octanol–water partition coefficient (Wildman–Crippen LogP) is 3.33. The summed E-state index contributed by atoms with van der Waals surface area (Å²) >= 11 is 0. The van der Waals surface area contributed by atoms with Gasteiger partial charge in [-0.2, -0.15) is 0 Å². The number of halogens is 1. The molecule has 1 aromatic heterocycles. The summed E-state index contributed by atoms with van der Waals surface area (Å²) in [4.78, 5) is 4.65. The van der Waals surface area contributed by atoms with Gasteiger partial charge >= 0.3 is 0 Å². The molecule has 0 aliphatic heterocycles. The Hall–Kier alpha value is -2.37. The maximum Gasteiger partial charge on any atom is 0.191 e. The molecular formula is C19H27FN4O. The lowest BCUT2D eigenvalue weighted by Gasteiger charge is -2.13. The third kappa shape index (κ3) is 5.59. The van der Waals surface area contributed by atoms with E-state index < -0.39 is 0 Å². The van der Waals surface area contributed by atoms with E-state index in [1.807, 2.05) is 26.8 Å². The van der Waals surface area contributed by atoms with Gasteiger partial charge in [-0.1, -0.05) is 24.2 Å². The van der Waals surface area contributed by atoms with Crippen LogP contribution < -0.4 is 10.6 Å². The Morgan fingerprint density at radius 3 is 2.76 bits per heavy atom. The topological polar surface area (TPSA) is 62.5 Å². The lowest BCUT2D eigenvalue weighted by Crippen LogP contribution is -2.38. The molecular weight excluding hydrogens is 319 g/mol. The first kappa shape index (κ1) is 19.0. The van der Waals surface area contributed by atoms with Crippen LogP contribution in [0.1, 0.15) is 42.3 Å². The standard InChI is InChI=1S/C19H27FN4O/c1-5-21-19(22-10-9-16-7-6-8-17(20)11-16)23-12-13(2)18-14(3)24-25-15(18)4/h6-8,11,13H,5,9-10,12H2,1-4H3,(H2,21,22,23). The van der Waals surface area contributed by atoms with E-state index in [4.69, 9.17) is 4.52 Å². The van der Waals surface area contributed by atoms with Gasteiger partial charge in [-0.15, -0.1) is 0 Å². The Morgan fingerprint density at radius 2 is 2.12 bits per heavy atom. The molecule has 0 amide bonds. The number of guanidine groups is 1. The van der Waals surface area contributed by atoms with E-state index in [2.05, 4.69) is 27.7 Å². The fourth-order valence-electron chi connectivity index (χ4n) is 2.87. The highest BCUT2D eigenvalue weighted by Gasteiger charge is 2.16. The van der Waals surface area contributed by atoms with E-state index in [0.29, 0.717) is 13.1 Å². The quantitative estimate of drug-likeness (QED) is 0.596. The highest BCUT2D eigenvalue weighted by atomic mass is 19.1. The molecule has 0 radical (unpaired) electrons. The Morgan fingerprint density at radius 1 is 1.32 bits per heavy atom. The van der Waals surface area contributed by atoms with Crippen LogP contribution in [0, 0.1) is 19.7 Å². The molecule has 6 heteroatoms. The maximum atomic E-state index is 13.2. The van der Waals surface area contributed by atoms with Crippen LogP contribution in [0.25, 0.3) is 0 Å². The monoisotopic (exact) mass is 346 g/mol. The Balaban J connectivity index is 1.91.